The van der Waals surface area contributed by atoms with Gasteiger partial charge >= 0.3 is 0 Å². The van der Waals surface area contributed by atoms with Crippen LogP contribution in [0, 0.1) is 11.7 Å². The van der Waals surface area contributed by atoms with Crippen molar-refractivity contribution in [2.24, 2.45) is 10.9 Å². The van der Waals surface area contributed by atoms with Crippen molar-refractivity contribution in [3.63, 3.8) is 0 Å². The van der Waals surface area contributed by atoms with E-state index in [-0.39, 0.29) is 29.4 Å². The predicted octanol–water partition coefficient (Wildman–Crippen LogP) is 8.84. The van der Waals surface area contributed by atoms with Crippen molar-refractivity contribution in [2.75, 3.05) is 12.3 Å². The number of ketones is 1. The molecule has 3 N–H and O–H groups in total. The number of hydrogen-bond acceptors (Lipinski definition) is 5. The zero-order chi connectivity index (χ0) is 31.9. The van der Waals surface area contributed by atoms with Crippen molar-refractivity contribution in [1.29, 1.82) is 0 Å². The van der Waals surface area contributed by atoms with Crippen molar-refractivity contribution in [3.8, 4) is 11.1 Å². The van der Waals surface area contributed by atoms with E-state index in [1.54, 1.807) is 36.5 Å². The fraction of sp³-hybridized carbons (Fsp3) is 0.371. The number of nitrogens with zero attached hydrogens (tertiary/aromatic N) is 2. The third kappa shape index (κ3) is 11.1. The van der Waals surface area contributed by atoms with Crippen LogP contribution in [0.15, 0.2) is 65.8 Å². The van der Waals surface area contributed by atoms with Crippen LogP contribution >= 0.6 is 11.6 Å². The van der Waals surface area contributed by atoms with Gasteiger partial charge in [0.2, 0.25) is 0 Å². The van der Waals surface area contributed by atoms with Gasteiger partial charge in [-0.3, -0.25) is 14.6 Å². The number of amides is 1. The zero-order valence-corrected chi connectivity index (χ0v) is 26.8. The number of nitrogen functional groups attached to an aromatic ring is 1. The molecule has 0 saturated carbocycles. The first-order valence-electron chi connectivity index (χ1n) is 14.9. The Morgan fingerprint density at radius 2 is 1.74 bits per heavy atom. The molecule has 0 unspecified atom stereocenters. The SMILES string of the molecule is CC.CC(=O)c1ccc(-c2ccc(F)cc2Cl)cc1.CC[C@@H](CCC(C)C)NC(=O)c1cc(C2=CCCN=C2)cnc1N. The smallest absolute Gasteiger partial charge is 0.255 e. The largest absolute Gasteiger partial charge is 0.383 e. The molecule has 2 heterocycles. The number of carbonyl (C=O) groups is 2. The highest BCUT2D eigenvalue weighted by atomic mass is 35.5. The minimum Gasteiger partial charge on any atom is -0.383 e. The molecule has 0 radical (unpaired) electrons. The molecule has 0 aliphatic carbocycles. The summed E-state index contributed by atoms with van der Waals surface area (Å²) in [5, 5.41) is 3.46. The van der Waals surface area contributed by atoms with E-state index in [1.165, 1.54) is 19.1 Å². The summed E-state index contributed by atoms with van der Waals surface area (Å²) < 4.78 is 12.9. The Labute approximate surface area is 260 Å². The highest BCUT2D eigenvalue weighted by molar-refractivity contribution is 6.33. The van der Waals surface area contributed by atoms with Crippen molar-refractivity contribution >= 4 is 40.9 Å². The van der Waals surface area contributed by atoms with Gasteiger partial charge in [0, 0.05) is 41.7 Å². The molecule has 1 aliphatic rings. The number of benzene rings is 2. The van der Waals surface area contributed by atoms with Gasteiger partial charge in [-0.2, -0.15) is 0 Å². The number of Topliss-reactive ketones (excluding diaryl/α,β-unsaturated/α-hetero) is 1. The van der Waals surface area contributed by atoms with Gasteiger partial charge < -0.3 is 11.1 Å². The average molecular weight is 607 g/mol. The number of rotatable bonds is 9. The van der Waals surface area contributed by atoms with Gasteiger partial charge in [0.25, 0.3) is 5.91 Å². The molecule has 1 atom stereocenters. The zero-order valence-electron chi connectivity index (χ0n) is 26.1. The van der Waals surface area contributed by atoms with Crippen LogP contribution in [0.3, 0.4) is 0 Å². The lowest BCUT2D eigenvalue weighted by molar-refractivity contribution is 0.0932. The summed E-state index contributed by atoms with van der Waals surface area (Å²) in [5.41, 5.74) is 10.5. The maximum absolute atomic E-state index is 12.9. The quantitative estimate of drug-likeness (QED) is 0.238. The number of allylic oxidation sites excluding steroid dienone is 1. The van der Waals surface area contributed by atoms with E-state index in [2.05, 4.69) is 42.1 Å². The number of nitrogens with two attached hydrogens (primary N) is 1. The van der Waals surface area contributed by atoms with Crippen LogP contribution in [0.1, 0.15) is 93.5 Å². The second-order valence-electron chi connectivity index (χ2n) is 10.4. The first-order chi connectivity index (χ1) is 20.6. The number of nitrogens with one attached hydrogen (secondary N) is 1. The molecule has 2 aromatic carbocycles. The number of dihydropyridines is 1. The van der Waals surface area contributed by atoms with E-state index in [0.717, 1.165) is 54.5 Å². The molecule has 0 spiro atoms. The van der Waals surface area contributed by atoms with E-state index >= 15 is 0 Å². The number of halogens is 2. The molecular formula is C35H44ClFN4O2. The molecule has 0 fully saturated rings. The van der Waals surface area contributed by atoms with E-state index in [4.69, 9.17) is 17.3 Å². The van der Waals surface area contributed by atoms with Gasteiger partial charge in [0.15, 0.2) is 5.78 Å². The normalized spacial score (nSPS) is 12.7. The average Bonchev–Trinajstić information content (AvgIpc) is 3.01. The lowest BCUT2D eigenvalue weighted by Crippen LogP contribution is -2.35. The Morgan fingerprint density at radius 1 is 1.05 bits per heavy atom. The third-order valence-corrected chi connectivity index (χ3v) is 7.12. The molecule has 1 aliphatic heterocycles. The fourth-order valence-corrected chi connectivity index (χ4v) is 4.58. The van der Waals surface area contributed by atoms with E-state index in [0.29, 0.717) is 22.1 Å². The topological polar surface area (TPSA) is 97.4 Å². The molecule has 0 saturated heterocycles. The second-order valence-corrected chi connectivity index (χ2v) is 10.9. The van der Waals surface area contributed by atoms with Crippen LogP contribution in [0.5, 0.6) is 0 Å². The van der Waals surface area contributed by atoms with Crippen LogP contribution in [-0.2, 0) is 0 Å². The van der Waals surface area contributed by atoms with Crippen molar-refractivity contribution in [3.05, 3.63) is 88.3 Å². The van der Waals surface area contributed by atoms with Gasteiger partial charge in [0.1, 0.15) is 11.6 Å². The predicted molar refractivity (Wildman–Crippen MR) is 178 cm³/mol. The second kappa shape index (κ2) is 18.0. The maximum atomic E-state index is 12.9. The lowest BCUT2D eigenvalue weighted by atomic mass is 10.0. The number of aromatic nitrogens is 1. The summed E-state index contributed by atoms with van der Waals surface area (Å²) in [6.07, 6.45) is 9.52. The van der Waals surface area contributed by atoms with Crippen molar-refractivity contribution in [1.82, 2.24) is 10.3 Å². The van der Waals surface area contributed by atoms with Crippen LogP contribution < -0.4 is 11.1 Å². The standard InChI is InChI=1S/C19H28N4O.C14H10ClFO.C2H6/c1-4-16(8-7-13(2)3)23-19(24)17-10-15(12-22-18(17)20)14-6-5-9-21-11-14;1-9(17)10-2-4-11(5-3-10)13-7-6-12(16)8-14(13)15;1-2/h6,10-13,16H,4-5,7-9H2,1-3H3,(H2,20,22)(H,23,24);2-8H,1H3;1-2H3/t16-;;/m0../s1. The minimum absolute atomic E-state index is 0.0155. The number of pyridine rings is 1. The fourth-order valence-electron chi connectivity index (χ4n) is 4.30. The molecule has 3 aromatic rings. The van der Waals surface area contributed by atoms with Crippen LogP contribution in [-0.4, -0.2) is 35.5 Å². The maximum Gasteiger partial charge on any atom is 0.255 e. The van der Waals surface area contributed by atoms with Crippen LogP contribution in [0.2, 0.25) is 5.02 Å². The van der Waals surface area contributed by atoms with Crippen molar-refractivity contribution < 1.29 is 14.0 Å². The van der Waals surface area contributed by atoms with Crippen LogP contribution in [0.4, 0.5) is 10.2 Å². The summed E-state index contributed by atoms with van der Waals surface area (Å²) in [5.74, 6) is 0.401. The van der Waals surface area contributed by atoms with E-state index < -0.39 is 0 Å². The number of carbonyl (C=O) groups excluding carboxylic acids is 2. The molecule has 6 nitrogen and oxygen atoms in total. The Hall–Kier alpha value is -3.84. The van der Waals surface area contributed by atoms with Crippen LogP contribution in [0.25, 0.3) is 16.7 Å². The van der Waals surface area contributed by atoms with Gasteiger partial charge in [-0.25, -0.2) is 9.37 Å². The summed E-state index contributed by atoms with van der Waals surface area (Å²) in [4.78, 5) is 32.2. The Balaban J connectivity index is 0.000000298. The Bertz CT molecular complexity index is 1420. The van der Waals surface area contributed by atoms with Crippen molar-refractivity contribution in [2.45, 2.75) is 73.3 Å². The minimum atomic E-state index is -0.362. The summed E-state index contributed by atoms with van der Waals surface area (Å²) in [6.45, 7) is 12.8. The van der Waals surface area contributed by atoms with Gasteiger partial charge in [0.05, 0.1) is 10.6 Å². The summed E-state index contributed by atoms with van der Waals surface area (Å²) in [7, 11) is 0. The lowest BCUT2D eigenvalue weighted by Gasteiger charge is -2.19. The van der Waals surface area contributed by atoms with Gasteiger partial charge in [-0.15, -0.1) is 0 Å². The Kier molecular flexibility index (Phi) is 14.8. The summed E-state index contributed by atoms with van der Waals surface area (Å²) in [6, 6.07) is 13.3. The van der Waals surface area contributed by atoms with Gasteiger partial charge in [-0.1, -0.05) is 76.6 Å². The first-order valence-corrected chi connectivity index (χ1v) is 15.3. The third-order valence-electron chi connectivity index (χ3n) is 6.80. The molecule has 43 heavy (non-hydrogen) atoms. The molecule has 1 amide bonds. The van der Waals surface area contributed by atoms with E-state index in [9.17, 15) is 14.0 Å². The molecule has 8 heteroatoms. The molecule has 1 aromatic heterocycles. The highest BCUT2D eigenvalue weighted by Gasteiger charge is 2.17. The van der Waals surface area contributed by atoms with E-state index in [1.807, 2.05) is 26.1 Å². The number of anilines is 1. The van der Waals surface area contributed by atoms with Gasteiger partial charge in [-0.05, 0) is 73.9 Å². The highest BCUT2D eigenvalue weighted by Crippen LogP contribution is 2.28. The molecule has 0 bridgehead atoms. The summed E-state index contributed by atoms with van der Waals surface area (Å²) >= 11 is 5.96. The number of aliphatic imine (C=N–C) groups is 1. The molecule has 230 valence electrons. The molecule has 4 rings (SSSR count). The number of hydrogen-bond donors (Lipinski definition) is 2. The first kappa shape index (κ1) is 35.4. The Morgan fingerprint density at radius 3 is 2.30 bits per heavy atom. The molecular weight excluding hydrogens is 563 g/mol. The monoisotopic (exact) mass is 606 g/mol.